The van der Waals surface area contributed by atoms with Crippen molar-refractivity contribution in [3.63, 3.8) is 0 Å². The molecule has 2 rings (SSSR count). The fraction of sp³-hybridized carbons (Fsp3) is 0.600. The molecule has 0 aromatic carbocycles. The van der Waals surface area contributed by atoms with Gasteiger partial charge in [-0.3, -0.25) is 0 Å². The van der Waals surface area contributed by atoms with Gasteiger partial charge in [0.15, 0.2) is 0 Å². The summed E-state index contributed by atoms with van der Waals surface area (Å²) in [6, 6.07) is 0. The molecule has 126 valence electrons. The number of hydrogen-bond acceptors (Lipinski definition) is 6. The summed E-state index contributed by atoms with van der Waals surface area (Å²) >= 11 is 3.30. The Morgan fingerprint density at radius 3 is 2.43 bits per heavy atom. The lowest BCUT2D eigenvalue weighted by Gasteiger charge is -2.42. The lowest BCUT2D eigenvalue weighted by molar-refractivity contribution is -0.315. The molecule has 1 fully saturated rings. The summed E-state index contributed by atoms with van der Waals surface area (Å²) in [5.41, 5.74) is -1.44. The average Bonchev–Trinajstić information content (AvgIpc) is 2.46. The van der Waals surface area contributed by atoms with Crippen LogP contribution in [0.4, 0.5) is 4.79 Å². The molecule has 1 aromatic rings. The Balaban J connectivity index is 2.18. The van der Waals surface area contributed by atoms with Crippen LogP contribution in [0.15, 0.2) is 17.0 Å². The van der Waals surface area contributed by atoms with E-state index in [2.05, 4.69) is 25.9 Å². The fourth-order valence-electron chi connectivity index (χ4n) is 2.60. The van der Waals surface area contributed by atoms with Crippen molar-refractivity contribution in [3.8, 4) is 0 Å². The second-order valence-corrected chi connectivity index (χ2v) is 7.41. The molecular formula is C15H19BrN3O4-. The topological polar surface area (TPSA) is 95.5 Å². The van der Waals surface area contributed by atoms with E-state index in [0.29, 0.717) is 10.2 Å². The highest BCUT2D eigenvalue weighted by molar-refractivity contribution is 9.10. The Bertz CT molecular complexity index is 607. The minimum atomic E-state index is -1.24. The van der Waals surface area contributed by atoms with Crippen molar-refractivity contribution in [1.82, 2.24) is 14.9 Å². The molecule has 1 aromatic heterocycles. The van der Waals surface area contributed by atoms with Crippen LogP contribution >= 0.6 is 15.9 Å². The molecule has 0 unspecified atom stereocenters. The molecule has 7 nitrogen and oxygen atoms in total. The highest BCUT2D eigenvalue weighted by Gasteiger charge is 2.42. The monoisotopic (exact) mass is 384 g/mol. The van der Waals surface area contributed by atoms with Gasteiger partial charge >= 0.3 is 6.09 Å². The molecule has 1 aliphatic rings. The lowest BCUT2D eigenvalue weighted by atomic mass is 9.75. The minimum absolute atomic E-state index is 0.212. The van der Waals surface area contributed by atoms with Gasteiger partial charge in [0.25, 0.3) is 0 Å². The maximum Gasteiger partial charge on any atom is 0.410 e. The summed E-state index contributed by atoms with van der Waals surface area (Å²) in [6.45, 7) is 5.90. The van der Waals surface area contributed by atoms with Crippen LogP contribution in [0.3, 0.4) is 0 Å². The Kier molecular flexibility index (Phi) is 4.93. The number of aromatic nitrogens is 2. The van der Waals surface area contributed by atoms with Crippen LogP contribution in [0.25, 0.3) is 0 Å². The van der Waals surface area contributed by atoms with Crippen LogP contribution in [-0.2, 0) is 14.9 Å². The number of halogens is 1. The molecule has 0 bridgehead atoms. The molecule has 1 saturated heterocycles. The molecule has 0 atom stereocenters. The quantitative estimate of drug-likeness (QED) is 0.761. The summed E-state index contributed by atoms with van der Waals surface area (Å²) in [7, 11) is 0. The highest BCUT2D eigenvalue weighted by atomic mass is 79.9. The number of ether oxygens (including phenoxy) is 1. The van der Waals surface area contributed by atoms with Crippen LogP contribution < -0.4 is 5.11 Å². The maximum atomic E-state index is 12.1. The van der Waals surface area contributed by atoms with Crippen LogP contribution in [-0.4, -0.2) is 45.6 Å². The molecule has 0 radical (unpaired) electrons. The number of carboxylic acids is 1. The normalized spacial score (nSPS) is 17.7. The number of likely N-dealkylation sites (tertiary alicyclic amines) is 1. The summed E-state index contributed by atoms with van der Waals surface area (Å²) in [5, 5.41) is 11.8. The number of carbonyl (C=O) groups excluding carboxylic acids is 2. The van der Waals surface area contributed by atoms with Gasteiger partial charge < -0.3 is 19.5 Å². The van der Waals surface area contributed by atoms with Crippen molar-refractivity contribution < 1.29 is 19.4 Å². The lowest BCUT2D eigenvalue weighted by Crippen LogP contribution is -2.54. The average molecular weight is 385 g/mol. The molecule has 0 aliphatic carbocycles. The standard InChI is InChI=1S/C15H20BrN3O4/c1-14(2,3)23-13(22)19-6-4-15(5-7-19,12(20)21)11-10(16)8-17-9-18-11/h8-9H,4-7H2,1-3H3,(H,20,21)/p-1. The van der Waals surface area contributed by atoms with Crippen LogP contribution in [0.2, 0.25) is 0 Å². The van der Waals surface area contributed by atoms with Crippen molar-refractivity contribution >= 4 is 28.0 Å². The number of hydrogen-bond donors (Lipinski definition) is 0. The zero-order valence-electron chi connectivity index (χ0n) is 13.3. The van der Waals surface area contributed by atoms with Gasteiger partial charge in [-0.25, -0.2) is 14.8 Å². The van der Waals surface area contributed by atoms with E-state index >= 15 is 0 Å². The number of amides is 1. The van der Waals surface area contributed by atoms with Crippen LogP contribution in [0, 0.1) is 0 Å². The largest absolute Gasteiger partial charge is 0.549 e. The van der Waals surface area contributed by atoms with Gasteiger partial charge in [0.2, 0.25) is 0 Å². The molecule has 0 N–H and O–H groups in total. The highest BCUT2D eigenvalue weighted by Crippen LogP contribution is 2.37. The summed E-state index contributed by atoms with van der Waals surface area (Å²) in [4.78, 5) is 33.4. The van der Waals surface area contributed by atoms with Crippen molar-refractivity contribution in [2.45, 2.75) is 44.6 Å². The van der Waals surface area contributed by atoms with Gasteiger partial charge in [-0.2, -0.15) is 0 Å². The first-order valence-electron chi connectivity index (χ1n) is 7.31. The van der Waals surface area contributed by atoms with Gasteiger partial charge in [0, 0.05) is 19.3 Å². The number of carbonyl (C=O) groups is 2. The number of carboxylic acid groups (broad SMARTS) is 1. The number of aliphatic carboxylic acids is 1. The van der Waals surface area contributed by atoms with Gasteiger partial charge in [-0.15, -0.1) is 0 Å². The SMILES string of the molecule is CC(C)(C)OC(=O)N1CCC(C(=O)[O-])(c2ncncc2Br)CC1. The van der Waals surface area contributed by atoms with Crippen LogP contribution in [0.5, 0.6) is 0 Å². The second-order valence-electron chi connectivity index (χ2n) is 6.56. The van der Waals surface area contributed by atoms with E-state index in [0.717, 1.165) is 0 Å². The van der Waals surface area contributed by atoms with Crippen molar-refractivity contribution in [2.24, 2.45) is 0 Å². The Hall–Kier alpha value is -1.70. The number of nitrogens with zero attached hydrogens (tertiary/aromatic N) is 3. The Morgan fingerprint density at radius 2 is 1.96 bits per heavy atom. The Labute approximate surface area is 143 Å². The molecule has 0 spiro atoms. The molecule has 23 heavy (non-hydrogen) atoms. The zero-order valence-corrected chi connectivity index (χ0v) is 14.9. The molecule has 1 aliphatic heterocycles. The number of piperidine rings is 1. The van der Waals surface area contributed by atoms with E-state index in [1.165, 1.54) is 17.4 Å². The van der Waals surface area contributed by atoms with Gasteiger partial charge in [0.05, 0.1) is 21.6 Å². The van der Waals surface area contributed by atoms with Gasteiger partial charge in [0.1, 0.15) is 11.9 Å². The van der Waals surface area contributed by atoms with E-state index < -0.39 is 23.1 Å². The molecular weight excluding hydrogens is 366 g/mol. The van der Waals surface area contributed by atoms with Crippen molar-refractivity contribution in [2.75, 3.05) is 13.1 Å². The van der Waals surface area contributed by atoms with Gasteiger partial charge in [-0.1, -0.05) is 0 Å². The van der Waals surface area contributed by atoms with E-state index in [9.17, 15) is 14.7 Å². The predicted octanol–water partition coefficient (Wildman–Crippen LogP) is 1.26. The molecule has 0 saturated carbocycles. The zero-order chi connectivity index (χ0) is 17.3. The van der Waals surface area contributed by atoms with E-state index in [-0.39, 0.29) is 25.9 Å². The predicted molar refractivity (Wildman–Crippen MR) is 83.5 cm³/mol. The first-order chi connectivity index (χ1) is 10.7. The molecule has 8 heteroatoms. The van der Waals surface area contributed by atoms with Crippen molar-refractivity contribution in [1.29, 1.82) is 0 Å². The minimum Gasteiger partial charge on any atom is -0.549 e. The molecule has 2 heterocycles. The number of rotatable bonds is 2. The van der Waals surface area contributed by atoms with Crippen LogP contribution in [0.1, 0.15) is 39.3 Å². The summed E-state index contributed by atoms with van der Waals surface area (Å²) < 4.78 is 5.85. The third-order valence-electron chi connectivity index (χ3n) is 3.78. The smallest absolute Gasteiger partial charge is 0.410 e. The van der Waals surface area contributed by atoms with E-state index in [4.69, 9.17) is 4.74 Å². The van der Waals surface area contributed by atoms with Crippen molar-refractivity contribution in [3.05, 3.63) is 22.7 Å². The second kappa shape index (κ2) is 6.43. The van der Waals surface area contributed by atoms with Gasteiger partial charge in [-0.05, 0) is 49.5 Å². The third-order valence-corrected chi connectivity index (χ3v) is 4.36. The third kappa shape index (κ3) is 3.80. The first kappa shape index (κ1) is 17.7. The Morgan fingerprint density at radius 1 is 1.35 bits per heavy atom. The first-order valence-corrected chi connectivity index (χ1v) is 8.10. The maximum absolute atomic E-state index is 12.1. The van der Waals surface area contributed by atoms with E-state index in [1.54, 1.807) is 20.8 Å². The summed E-state index contributed by atoms with van der Waals surface area (Å²) in [5.74, 6) is -1.19. The summed E-state index contributed by atoms with van der Waals surface area (Å²) in [6.07, 6.45) is 2.80. The molecule has 1 amide bonds. The van der Waals surface area contributed by atoms with E-state index in [1.807, 2.05) is 0 Å². The fourth-order valence-corrected chi connectivity index (χ4v) is 3.20.